The second-order valence-electron chi connectivity index (χ2n) is 18.3. The van der Waals surface area contributed by atoms with Crippen molar-refractivity contribution in [1.29, 1.82) is 0 Å². The molecule has 19 nitrogen and oxygen atoms in total. The second-order valence-corrected chi connectivity index (χ2v) is 26.1. The van der Waals surface area contributed by atoms with Gasteiger partial charge >= 0.3 is 0 Å². The third kappa shape index (κ3) is 7.09. The predicted molar refractivity (Wildman–Crippen MR) is 266 cm³/mol. The van der Waals surface area contributed by atoms with E-state index in [9.17, 15) is 9.59 Å². The van der Waals surface area contributed by atoms with E-state index in [1.165, 1.54) is 16.0 Å². The number of hydrogen-bond acceptors (Lipinski definition) is 13. The fourth-order valence-corrected chi connectivity index (χ4v) is 12.1. The first-order valence-corrected chi connectivity index (χ1v) is 27.4. The Kier molecular flexibility index (Phi) is 9.97. The van der Waals surface area contributed by atoms with Crippen LogP contribution < -0.4 is 11.1 Å². The van der Waals surface area contributed by atoms with Crippen LogP contribution in [0, 0.1) is 0 Å². The summed E-state index contributed by atoms with van der Waals surface area (Å²) < 4.78 is 20.8. The smallest absolute Gasteiger partial charge is 0.291 e. The van der Waals surface area contributed by atoms with Crippen molar-refractivity contribution >= 4 is 95.1 Å². The second kappa shape index (κ2) is 16.1. The van der Waals surface area contributed by atoms with E-state index >= 15 is 0 Å². The Labute approximate surface area is 394 Å². The molecule has 10 heterocycles. The maximum atomic E-state index is 14.8. The van der Waals surface area contributed by atoms with Gasteiger partial charge in [0.2, 0.25) is 0 Å². The highest BCUT2D eigenvalue weighted by atomic mass is 32.1. The van der Waals surface area contributed by atoms with Gasteiger partial charge in [0, 0.05) is 75.3 Å². The van der Waals surface area contributed by atoms with E-state index in [-0.39, 0.29) is 30.9 Å². The van der Waals surface area contributed by atoms with E-state index in [1.54, 1.807) is 53.5 Å². The minimum Gasteiger partial charge on any atom is -0.360 e. The first kappa shape index (κ1) is 42.0. The zero-order valence-electron chi connectivity index (χ0n) is 37.8. The summed E-state index contributed by atoms with van der Waals surface area (Å²) >= 11 is 3.09. The molecule has 0 radical (unpaired) electrons. The van der Waals surface area contributed by atoms with Crippen LogP contribution in [0.4, 0.5) is 0 Å². The fraction of sp³-hybridized carbons (Fsp3) is 0.261. The number of H-pyrrole nitrogens is 1. The number of rotatable bonds is 14. The number of aryl methyl sites for hydroxylation is 2. The largest absolute Gasteiger partial charge is 0.360 e. The molecule has 342 valence electrons. The first-order valence-electron chi connectivity index (χ1n) is 22.1. The maximum absolute atomic E-state index is 14.8. The van der Waals surface area contributed by atoms with Gasteiger partial charge in [0.15, 0.2) is 11.3 Å². The predicted octanol–water partition coefficient (Wildman–Crippen LogP) is 6.79. The number of benzene rings is 2. The van der Waals surface area contributed by atoms with Gasteiger partial charge < -0.3 is 23.0 Å². The zero-order chi connectivity index (χ0) is 46.4. The van der Waals surface area contributed by atoms with Crippen molar-refractivity contribution in [2.45, 2.75) is 58.6 Å². The number of aromatic amines is 1. The van der Waals surface area contributed by atoms with E-state index in [0.29, 0.717) is 47.5 Å². The van der Waals surface area contributed by atoms with Crippen LogP contribution in [0.3, 0.4) is 0 Å². The Morgan fingerprint density at radius 3 is 2.09 bits per heavy atom. The number of thiazole rings is 2. The highest BCUT2D eigenvalue weighted by molar-refractivity contribution is 7.20. The fourth-order valence-electron chi connectivity index (χ4n) is 9.09. The minimum absolute atomic E-state index is 0.172. The molecule has 10 aromatic heterocycles. The number of imidazole rings is 2. The van der Waals surface area contributed by atoms with Gasteiger partial charge in [0.1, 0.15) is 33.5 Å². The highest BCUT2D eigenvalue weighted by Gasteiger charge is 2.27. The Morgan fingerprint density at radius 2 is 1.35 bits per heavy atom. The number of nitrogens with one attached hydrogen (secondary N) is 1. The van der Waals surface area contributed by atoms with Gasteiger partial charge in [-0.2, -0.15) is 20.4 Å². The molecule has 0 aliphatic heterocycles. The van der Waals surface area contributed by atoms with Gasteiger partial charge in [-0.15, -0.1) is 22.7 Å². The molecule has 0 saturated carbocycles. The molecule has 0 atom stereocenters. The van der Waals surface area contributed by atoms with Crippen LogP contribution in [-0.2, 0) is 51.7 Å². The van der Waals surface area contributed by atoms with Crippen molar-refractivity contribution in [3.05, 3.63) is 128 Å². The van der Waals surface area contributed by atoms with E-state index in [4.69, 9.17) is 30.0 Å². The van der Waals surface area contributed by atoms with Crippen LogP contribution in [0.1, 0.15) is 21.1 Å². The van der Waals surface area contributed by atoms with Gasteiger partial charge in [-0.3, -0.25) is 14.7 Å². The van der Waals surface area contributed by atoms with E-state index in [0.717, 1.165) is 75.0 Å². The van der Waals surface area contributed by atoms with Crippen molar-refractivity contribution in [1.82, 2.24) is 77.7 Å². The van der Waals surface area contributed by atoms with Crippen LogP contribution in [0.25, 0.3) is 75.6 Å². The molecule has 0 unspecified atom stereocenters. The summed E-state index contributed by atoms with van der Waals surface area (Å²) in [4.78, 5) is 47.6. The van der Waals surface area contributed by atoms with Crippen LogP contribution in [0.5, 0.6) is 0 Å². The number of fused-ring (bicyclic) bond motifs is 8. The molecule has 12 aromatic rings. The standard InChI is InChI=1S/C46H44N16O3S2Si/c1-56-39-32(41-43(56)52-34(66-41)22-58-13-11-47-24-58)19-50-60(45(39)63)20-28-9-10-29(38-31(28)18-51-62(38)26-65-15-16-68(3,4)5)37-36-40(57(2)44-42(36)67-35(53-44)23-59-14-12-48-25-59)46(64)61(55-37)21-27-7-6-8-33-30(27)17-49-54-33/h6-14,17-19,24-25H,15-16,20-23,26H2,1-5H3,(H,49,54). The van der Waals surface area contributed by atoms with Crippen molar-refractivity contribution in [3.63, 3.8) is 0 Å². The third-order valence-corrected chi connectivity index (χ3v) is 16.4. The third-order valence-electron chi connectivity index (χ3n) is 12.6. The SMILES string of the molecule is Cn1c2nc(Cn3ccnc3)sc2c2cnn(Cc3ccc(-c4nn(Cc5cccc6[nH]ncc56)c(=O)c5c4c4sc(Cn6ccnc6)nc4n5C)c4c3cnn4COCC[Si](C)(C)C)c(=O)c21. The Bertz CT molecular complexity index is 4010. The number of aromatic nitrogens is 16. The average Bonchev–Trinajstić information content (AvgIpc) is 4.18. The summed E-state index contributed by atoms with van der Waals surface area (Å²) in [5.41, 5.74) is 6.70. The Balaban J connectivity index is 1.02. The lowest BCUT2D eigenvalue weighted by Crippen LogP contribution is -2.26. The molecule has 0 fully saturated rings. The molecule has 0 aliphatic carbocycles. The molecule has 0 aliphatic rings. The highest BCUT2D eigenvalue weighted by Crippen LogP contribution is 2.40. The molecule has 2 aromatic carbocycles. The van der Waals surface area contributed by atoms with Gasteiger partial charge in [0.25, 0.3) is 11.1 Å². The molecule has 0 saturated heterocycles. The minimum atomic E-state index is -1.39. The molecular weight excluding hydrogens is 917 g/mol. The number of hydrogen-bond donors (Lipinski definition) is 1. The van der Waals surface area contributed by atoms with Crippen LogP contribution in [-0.4, -0.2) is 92.4 Å². The van der Waals surface area contributed by atoms with Gasteiger partial charge in [-0.05, 0) is 23.2 Å². The molecule has 22 heteroatoms. The quantitative estimate of drug-likeness (QED) is 0.0890. The monoisotopic (exact) mass is 960 g/mol. The van der Waals surface area contributed by atoms with E-state index in [1.807, 2.05) is 86.0 Å². The van der Waals surface area contributed by atoms with Gasteiger partial charge in [-0.25, -0.2) is 34.0 Å². The summed E-state index contributed by atoms with van der Waals surface area (Å²) in [5, 5.41) is 27.3. The van der Waals surface area contributed by atoms with Crippen LogP contribution in [0.15, 0.2) is 96.0 Å². The summed E-state index contributed by atoms with van der Waals surface area (Å²) in [6.45, 7) is 9.25. The van der Waals surface area contributed by atoms with Gasteiger partial charge in [0.05, 0.1) is 83.2 Å². The van der Waals surface area contributed by atoms with Crippen molar-refractivity contribution in [3.8, 4) is 11.3 Å². The van der Waals surface area contributed by atoms with E-state index in [2.05, 4.69) is 39.8 Å². The lowest BCUT2D eigenvalue weighted by molar-refractivity contribution is 0.0817. The summed E-state index contributed by atoms with van der Waals surface area (Å²) in [6, 6.07) is 10.9. The summed E-state index contributed by atoms with van der Waals surface area (Å²) in [7, 11) is 2.38. The summed E-state index contributed by atoms with van der Waals surface area (Å²) in [5.74, 6) is 0. The lowest BCUT2D eigenvalue weighted by Gasteiger charge is -2.16. The number of nitrogens with zero attached hydrogens (tertiary/aromatic N) is 15. The molecule has 12 rings (SSSR count). The van der Waals surface area contributed by atoms with E-state index < -0.39 is 8.07 Å². The molecule has 0 amide bonds. The van der Waals surface area contributed by atoms with Gasteiger partial charge in [-0.1, -0.05) is 43.9 Å². The van der Waals surface area contributed by atoms with Crippen molar-refractivity contribution in [2.75, 3.05) is 6.61 Å². The van der Waals surface area contributed by atoms with Crippen molar-refractivity contribution < 1.29 is 4.74 Å². The molecule has 0 bridgehead atoms. The summed E-state index contributed by atoms with van der Waals surface area (Å²) in [6.07, 6.45) is 16.2. The molecule has 68 heavy (non-hydrogen) atoms. The normalized spacial score (nSPS) is 12.5. The average molecular weight is 961 g/mol. The van der Waals surface area contributed by atoms with Crippen LogP contribution in [0.2, 0.25) is 25.7 Å². The Hall–Kier alpha value is -7.40. The Morgan fingerprint density at radius 1 is 0.691 bits per heavy atom. The molecular formula is C46H44N16O3S2Si. The number of ether oxygens (including phenoxy) is 1. The molecule has 1 N–H and O–H groups in total. The van der Waals surface area contributed by atoms with Crippen molar-refractivity contribution in [2.24, 2.45) is 14.1 Å². The maximum Gasteiger partial charge on any atom is 0.291 e. The first-order chi connectivity index (χ1) is 33.0. The molecule has 0 spiro atoms. The lowest BCUT2D eigenvalue weighted by atomic mass is 10.0. The zero-order valence-corrected chi connectivity index (χ0v) is 40.4. The van der Waals surface area contributed by atoms with Crippen LogP contribution >= 0.6 is 22.7 Å². The topological polar surface area (TPSA) is 197 Å².